The minimum absolute atomic E-state index is 0.0843. The van der Waals surface area contributed by atoms with Crippen molar-refractivity contribution in [3.63, 3.8) is 0 Å². The van der Waals surface area contributed by atoms with Gasteiger partial charge in [0.25, 0.3) is 5.91 Å². The Labute approximate surface area is 105 Å². The molecule has 3 rings (SSSR count). The number of carbonyl (C=O) groups is 2. The fraction of sp³-hybridized carbons (Fsp3) is 0.538. The highest BCUT2D eigenvalue weighted by molar-refractivity contribution is 6.01. The average Bonchev–Trinajstić information content (AvgIpc) is 2.84. The Morgan fingerprint density at radius 1 is 1.22 bits per heavy atom. The number of Topliss-reactive ketones (excluding diaryl/α,β-unsaturated/α-hetero) is 1. The van der Waals surface area contributed by atoms with Gasteiger partial charge >= 0.3 is 0 Å². The first kappa shape index (κ1) is 11.5. The highest BCUT2D eigenvalue weighted by atomic mass is 16.5. The number of morpholine rings is 1. The van der Waals surface area contributed by atoms with Crippen molar-refractivity contribution in [1.29, 1.82) is 0 Å². The summed E-state index contributed by atoms with van der Waals surface area (Å²) < 4.78 is 10.7. The molecule has 2 heterocycles. The maximum atomic E-state index is 12.2. The first-order valence-corrected chi connectivity index (χ1v) is 6.28. The van der Waals surface area contributed by atoms with E-state index >= 15 is 0 Å². The number of ether oxygens (including phenoxy) is 1. The number of aryl methyl sites for hydroxylation is 1. The summed E-state index contributed by atoms with van der Waals surface area (Å²) >= 11 is 0. The number of amides is 1. The third-order valence-corrected chi connectivity index (χ3v) is 3.43. The third kappa shape index (κ3) is 1.95. The SMILES string of the molecule is O=C1CCCc2oc(C(=O)N3CCOCC3)cc21. The number of nitrogens with zero attached hydrogens (tertiary/aromatic N) is 1. The van der Waals surface area contributed by atoms with Crippen molar-refractivity contribution < 1.29 is 18.7 Å². The number of furan rings is 1. The molecule has 0 unspecified atom stereocenters. The Kier molecular flexibility index (Phi) is 2.91. The summed E-state index contributed by atoms with van der Waals surface area (Å²) in [6.45, 7) is 2.28. The van der Waals surface area contributed by atoms with Crippen LogP contribution in [0.3, 0.4) is 0 Å². The second-order valence-corrected chi connectivity index (χ2v) is 4.63. The number of carbonyl (C=O) groups excluding carboxylic acids is 2. The van der Waals surface area contributed by atoms with Crippen LogP contribution >= 0.6 is 0 Å². The van der Waals surface area contributed by atoms with Crippen molar-refractivity contribution >= 4 is 11.7 Å². The van der Waals surface area contributed by atoms with Crippen molar-refractivity contribution in [3.8, 4) is 0 Å². The predicted molar refractivity (Wildman–Crippen MR) is 62.7 cm³/mol. The van der Waals surface area contributed by atoms with Crippen LogP contribution in [0.15, 0.2) is 10.5 Å². The van der Waals surface area contributed by atoms with Crippen LogP contribution in [-0.4, -0.2) is 42.9 Å². The Balaban J connectivity index is 1.84. The Morgan fingerprint density at radius 3 is 2.72 bits per heavy atom. The molecule has 0 aromatic carbocycles. The zero-order chi connectivity index (χ0) is 12.5. The molecule has 5 heteroatoms. The van der Waals surface area contributed by atoms with Crippen LogP contribution in [0, 0.1) is 0 Å². The number of hydrogen-bond donors (Lipinski definition) is 0. The highest BCUT2D eigenvalue weighted by Gasteiger charge is 2.27. The summed E-state index contributed by atoms with van der Waals surface area (Å²) in [6.07, 6.45) is 2.11. The smallest absolute Gasteiger partial charge is 0.289 e. The van der Waals surface area contributed by atoms with Gasteiger partial charge in [0.1, 0.15) is 5.76 Å². The van der Waals surface area contributed by atoms with Crippen LogP contribution in [0.1, 0.15) is 39.5 Å². The van der Waals surface area contributed by atoms with E-state index in [1.165, 1.54) is 0 Å². The van der Waals surface area contributed by atoms with E-state index in [0.717, 1.165) is 12.8 Å². The molecular weight excluding hydrogens is 234 g/mol. The molecule has 1 aromatic rings. The van der Waals surface area contributed by atoms with E-state index in [2.05, 4.69) is 0 Å². The van der Waals surface area contributed by atoms with Gasteiger partial charge in [-0.05, 0) is 6.42 Å². The van der Waals surface area contributed by atoms with Gasteiger partial charge in [0.2, 0.25) is 0 Å². The average molecular weight is 249 g/mol. The quantitative estimate of drug-likeness (QED) is 0.752. The van der Waals surface area contributed by atoms with Crippen molar-refractivity contribution in [2.75, 3.05) is 26.3 Å². The molecule has 0 saturated carbocycles. The molecule has 1 fully saturated rings. The molecule has 0 atom stereocenters. The molecule has 1 saturated heterocycles. The Morgan fingerprint density at radius 2 is 2.00 bits per heavy atom. The Bertz CT molecular complexity index is 485. The molecule has 1 amide bonds. The van der Waals surface area contributed by atoms with Gasteiger partial charge < -0.3 is 14.1 Å². The summed E-state index contributed by atoms with van der Waals surface area (Å²) in [6, 6.07) is 1.61. The largest absolute Gasteiger partial charge is 0.455 e. The second-order valence-electron chi connectivity index (χ2n) is 4.63. The molecule has 18 heavy (non-hydrogen) atoms. The zero-order valence-corrected chi connectivity index (χ0v) is 10.1. The fourth-order valence-electron chi connectivity index (χ4n) is 2.42. The highest BCUT2D eigenvalue weighted by Crippen LogP contribution is 2.25. The van der Waals surface area contributed by atoms with E-state index in [4.69, 9.17) is 9.15 Å². The number of fused-ring (bicyclic) bond motifs is 1. The minimum Gasteiger partial charge on any atom is -0.455 e. The lowest BCUT2D eigenvalue weighted by Gasteiger charge is -2.25. The van der Waals surface area contributed by atoms with Crippen LogP contribution in [0.2, 0.25) is 0 Å². The molecule has 96 valence electrons. The van der Waals surface area contributed by atoms with Gasteiger partial charge in [-0.3, -0.25) is 9.59 Å². The number of rotatable bonds is 1. The molecule has 1 aromatic heterocycles. The fourth-order valence-corrected chi connectivity index (χ4v) is 2.42. The first-order chi connectivity index (χ1) is 8.75. The van der Waals surface area contributed by atoms with E-state index in [-0.39, 0.29) is 17.5 Å². The molecular formula is C13H15NO4. The van der Waals surface area contributed by atoms with Gasteiger partial charge in [0.05, 0.1) is 18.8 Å². The molecule has 1 aliphatic carbocycles. The van der Waals surface area contributed by atoms with Gasteiger partial charge in [-0.15, -0.1) is 0 Å². The Hall–Kier alpha value is -1.62. The van der Waals surface area contributed by atoms with Crippen LogP contribution in [0.5, 0.6) is 0 Å². The predicted octanol–water partition coefficient (Wildman–Crippen LogP) is 1.27. The number of hydrogen-bond acceptors (Lipinski definition) is 4. The van der Waals surface area contributed by atoms with Gasteiger partial charge in [-0.2, -0.15) is 0 Å². The van der Waals surface area contributed by atoms with E-state index in [1.54, 1.807) is 11.0 Å². The maximum Gasteiger partial charge on any atom is 0.289 e. The van der Waals surface area contributed by atoms with Crippen LogP contribution in [0.25, 0.3) is 0 Å². The van der Waals surface area contributed by atoms with Gasteiger partial charge in [-0.25, -0.2) is 0 Å². The topological polar surface area (TPSA) is 59.8 Å². The summed E-state index contributed by atoms with van der Waals surface area (Å²) in [4.78, 5) is 25.6. The second kappa shape index (κ2) is 4.57. The molecule has 0 spiro atoms. The van der Waals surface area contributed by atoms with Crippen molar-refractivity contribution in [1.82, 2.24) is 4.90 Å². The third-order valence-electron chi connectivity index (χ3n) is 3.43. The zero-order valence-electron chi connectivity index (χ0n) is 10.1. The maximum absolute atomic E-state index is 12.2. The molecule has 0 bridgehead atoms. The van der Waals surface area contributed by atoms with Crippen molar-refractivity contribution in [3.05, 3.63) is 23.2 Å². The van der Waals surface area contributed by atoms with Crippen LogP contribution in [-0.2, 0) is 11.2 Å². The van der Waals surface area contributed by atoms with E-state index < -0.39 is 0 Å². The van der Waals surface area contributed by atoms with Crippen LogP contribution < -0.4 is 0 Å². The number of ketones is 1. The first-order valence-electron chi connectivity index (χ1n) is 6.28. The molecule has 5 nitrogen and oxygen atoms in total. The molecule has 2 aliphatic rings. The standard InChI is InChI=1S/C13H15NO4/c15-10-2-1-3-11-9(10)8-12(18-11)13(16)14-4-6-17-7-5-14/h8H,1-7H2. The van der Waals surface area contributed by atoms with E-state index in [1.807, 2.05) is 0 Å². The molecule has 0 N–H and O–H groups in total. The minimum atomic E-state index is -0.138. The summed E-state index contributed by atoms with van der Waals surface area (Å²) in [7, 11) is 0. The van der Waals surface area contributed by atoms with Gasteiger partial charge in [0.15, 0.2) is 11.5 Å². The normalized spacial score (nSPS) is 19.8. The summed E-state index contributed by atoms with van der Waals surface area (Å²) in [5.74, 6) is 0.904. The van der Waals surface area contributed by atoms with Gasteiger partial charge in [0, 0.05) is 32.0 Å². The molecule has 1 aliphatic heterocycles. The monoisotopic (exact) mass is 249 g/mol. The van der Waals surface area contributed by atoms with Crippen molar-refractivity contribution in [2.45, 2.75) is 19.3 Å². The van der Waals surface area contributed by atoms with E-state index in [9.17, 15) is 9.59 Å². The van der Waals surface area contributed by atoms with Crippen molar-refractivity contribution in [2.24, 2.45) is 0 Å². The summed E-state index contributed by atoms with van der Waals surface area (Å²) in [5.41, 5.74) is 0.595. The molecule has 0 radical (unpaired) electrons. The lowest BCUT2D eigenvalue weighted by molar-refractivity contribution is 0.0281. The van der Waals surface area contributed by atoms with Gasteiger partial charge in [-0.1, -0.05) is 0 Å². The van der Waals surface area contributed by atoms with E-state index in [0.29, 0.717) is 44.0 Å². The lowest BCUT2D eigenvalue weighted by Crippen LogP contribution is -2.40. The van der Waals surface area contributed by atoms with Crippen LogP contribution in [0.4, 0.5) is 0 Å². The lowest BCUT2D eigenvalue weighted by atomic mass is 9.97. The summed E-state index contributed by atoms with van der Waals surface area (Å²) in [5, 5.41) is 0.